The summed E-state index contributed by atoms with van der Waals surface area (Å²) in [4.78, 5) is 23.8. The Morgan fingerprint density at radius 2 is 0.783 bits per heavy atom. The molecule has 0 aliphatic rings. The third kappa shape index (κ3) is 13.0. The predicted octanol–water partition coefficient (Wildman–Crippen LogP) is 9.24. The zero-order valence-electron chi connectivity index (χ0n) is 26.5. The van der Waals surface area contributed by atoms with Gasteiger partial charge in [-0.25, -0.2) is 9.59 Å². The largest absolute Gasteiger partial charge is 0.494 e. The van der Waals surface area contributed by atoms with Gasteiger partial charge < -0.3 is 18.9 Å². The van der Waals surface area contributed by atoms with E-state index in [0.717, 1.165) is 86.1 Å². The Kier molecular flexibility index (Phi) is 15.0. The van der Waals surface area contributed by atoms with Gasteiger partial charge >= 0.3 is 11.9 Å². The number of hydrogen-bond donors (Lipinski definition) is 0. The fourth-order valence-corrected chi connectivity index (χ4v) is 4.87. The molecule has 6 nitrogen and oxygen atoms in total. The maximum Gasteiger partial charge on any atom is 0.331 e. The van der Waals surface area contributed by atoms with Gasteiger partial charge in [-0.05, 0) is 97.9 Å². The molecule has 0 heterocycles. The molecule has 0 aliphatic carbocycles. The van der Waals surface area contributed by atoms with E-state index < -0.39 is 11.9 Å². The van der Waals surface area contributed by atoms with Gasteiger partial charge in [0.1, 0.15) is 11.5 Å². The Morgan fingerprint density at radius 3 is 1.20 bits per heavy atom. The molecule has 6 heteroatoms. The lowest BCUT2D eigenvalue weighted by Gasteiger charge is -2.08. The van der Waals surface area contributed by atoms with Crippen LogP contribution in [0.2, 0.25) is 0 Å². The molecule has 0 fully saturated rings. The van der Waals surface area contributed by atoms with Crippen LogP contribution < -0.4 is 9.47 Å². The van der Waals surface area contributed by atoms with Gasteiger partial charge in [0.15, 0.2) is 0 Å². The fraction of sp³-hybridized carbons (Fsp3) is 0.300. The Hall–Kier alpha value is -4.84. The maximum atomic E-state index is 11.9. The Bertz CT molecular complexity index is 1370. The summed E-state index contributed by atoms with van der Waals surface area (Å²) in [6.07, 6.45) is 9.45. The van der Waals surface area contributed by atoms with Gasteiger partial charge in [-0.1, -0.05) is 84.9 Å². The van der Waals surface area contributed by atoms with Crippen LogP contribution in [0.5, 0.6) is 11.5 Å². The second-order valence-electron chi connectivity index (χ2n) is 11.0. The van der Waals surface area contributed by atoms with Crippen molar-refractivity contribution in [2.45, 2.75) is 51.4 Å². The van der Waals surface area contributed by atoms with E-state index in [1.807, 2.05) is 60.7 Å². The Labute approximate surface area is 273 Å². The van der Waals surface area contributed by atoms with Gasteiger partial charge in [-0.3, -0.25) is 0 Å². The SMILES string of the molecule is O=C(/C=C\C(=O)OCCCCCCOc1cccc(-c2ccccc2)c1)OCCCCCCOc1cccc(-c2ccccc2)c1. The fourth-order valence-electron chi connectivity index (χ4n) is 4.87. The molecule has 0 aliphatic heterocycles. The summed E-state index contributed by atoms with van der Waals surface area (Å²) in [5.41, 5.74) is 4.61. The number of rotatable bonds is 20. The molecular weight excluding hydrogens is 576 g/mol. The minimum atomic E-state index is -0.534. The van der Waals surface area contributed by atoms with Gasteiger partial charge in [-0.2, -0.15) is 0 Å². The van der Waals surface area contributed by atoms with Crippen LogP contribution >= 0.6 is 0 Å². The molecule has 46 heavy (non-hydrogen) atoms. The molecule has 4 rings (SSSR count). The molecule has 0 spiro atoms. The number of unbranched alkanes of at least 4 members (excludes halogenated alkanes) is 6. The van der Waals surface area contributed by atoms with Gasteiger partial charge in [-0.15, -0.1) is 0 Å². The van der Waals surface area contributed by atoms with Crippen LogP contribution in [0.4, 0.5) is 0 Å². The van der Waals surface area contributed by atoms with E-state index in [1.165, 1.54) is 11.1 Å². The first kappa shape index (κ1) is 34.0. The van der Waals surface area contributed by atoms with Crippen molar-refractivity contribution in [2.75, 3.05) is 26.4 Å². The molecule has 0 amide bonds. The Morgan fingerprint density at radius 1 is 0.413 bits per heavy atom. The lowest BCUT2D eigenvalue weighted by Crippen LogP contribution is -2.06. The monoisotopic (exact) mass is 620 g/mol. The highest BCUT2D eigenvalue weighted by Crippen LogP contribution is 2.25. The molecule has 0 saturated heterocycles. The van der Waals surface area contributed by atoms with E-state index >= 15 is 0 Å². The number of esters is 2. The van der Waals surface area contributed by atoms with E-state index in [-0.39, 0.29) is 0 Å². The zero-order valence-corrected chi connectivity index (χ0v) is 26.5. The second kappa shape index (κ2) is 20.2. The lowest BCUT2D eigenvalue weighted by atomic mass is 10.1. The van der Waals surface area contributed by atoms with Crippen LogP contribution in [-0.2, 0) is 19.1 Å². The summed E-state index contributed by atoms with van der Waals surface area (Å²) in [5, 5.41) is 0. The van der Waals surface area contributed by atoms with Gasteiger partial charge in [0.05, 0.1) is 26.4 Å². The molecule has 0 saturated carbocycles. The van der Waals surface area contributed by atoms with Crippen molar-refractivity contribution in [1.29, 1.82) is 0 Å². The first-order chi connectivity index (χ1) is 22.7. The molecule has 4 aromatic rings. The first-order valence-electron chi connectivity index (χ1n) is 16.3. The molecule has 0 unspecified atom stereocenters. The van der Waals surface area contributed by atoms with Crippen molar-refractivity contribution >= 4 is 11.9 Å². The predicted molar refractivity (Wildman–Crippen MR) is 183 cm³/mol. The number of benzene rings is 4. The van der Waals surface area contributed by atoms with Gasteiger partial charge in [0.25, 0.3) is 0 Å². The van der Waals surface area contributed by atoms with E-state index in [4.69, 9.17) is 18.9 Å². The van der Waals surface area contributed by atoms with Crippen molar-refractivity contribution in [3.05, 3.63) is 121 Å². The molecule has 0 aromatic heterocycles. The highest BCUT2D eigenvalue weighted by Gasteiger charge is 2.04. The third-order valence-electron chi connectivity index (χ3n) is 7.34. The zero-order chi connectivity index (χ0) is 32.1. The van der Waals surface area contributed by atoms with Crippen LogP contribution in [0.25, 0.3) is 22.3 Å². The van der Waals surface area contributed by atoms with Crippen LogP contribution in [0.15, 0.2) is 121 Å². The highest BCUT2D eigenvalue weighted by atomic mass is 16.5. The average Bonchev–Trinajstić information content (AvgIpc) is 3.10. The molecule has 0 N–H and O–H groups in total. The second-order valence-corrected chi connectivity index (χ2v) is 11.0. The summed E-state index contributed by atoms with van der Waals surface area (Å²) < 4.78 is 22.2. The molecule has 0 radical (unpaired) electrons. The third-order valence-corrected chi connectivity index (χ3v) is 7.34. The molecule has 0 atom stereocenters. The number of ether oxygens (including phenoxy) is 4. The molecule has 4 aromatic carbocycles. The van der Waals surface area contributed by atoms with Crippen LogP contribution in [0.1, 0.15) is 51.4 Å². The molecule has 240 valence electrons. The minimum absolute atomic E-state index is 0.320. The van der Waals surface area contributed by atoms with E-state index in [2.05, 4.69) is 48.5 Å². The number of hydrogen-bond acceptors (Lipinski definition) is 6. The summed E-state index contributed by atoms with van der Waals surface area (Å²) in [6.45, 7) is 1.92. The topological polar surface area (TPSA) is 71.1 Å². The van der Waals surface area contributed by atoms with Crippen molar-refractivity contribution in [3.8, 4) is 33.8 Å². The summed E-state index contributed by atoms with van der Waals surface area (Å²) in [5.74, 6) is 0.660. The molecule has 0 bridgehead atoms. The van der Waals surface area contributed by atoms with Crippen molar-refractivity contribution < 1.29 is 28.5 Å². The quantitative estimate of drug-likeness (QED) is 0.0557. The smallest absolute Gasteiger partial charge is 0.331 e. The van der Waals surface area contributed by atoms with Crippen molar-refractivity contribution in [1.82, 2.24) is 0 Å². The van der Waals surface area contributed by atoms with E-state index in [0.29, 0.717) is 26.4 Å². The van der Waals surface area contributed by atoms with Crippen molar-refractivity contribution in [3.63, 3.8) is 0 Å². The average molecular weight is 621 g/mol. The van der Waals surface area contributed by atoms with E-state index in [1.54, 1.807) is 0 Å². The standard InChI is InChI=1S/C40H44O6/c41-39(45-29-13-3-1-11-27-43-37-23-15-21-35(31-37)33-17-7-5-8-18-33)25-26-40(42)46-30-14-4-2-12-28-44-38-24-16-22-36(32-38)34-19-9-6-10-20-34/h5-10,15-26,31-32H,1-4,11-14,27-30H2/b26-25-. The van der Waals surface area contributed by atoms with Gasteiger partial charge in [0.2, 0.25) is 0 Å². The number of carbonyl (C=O) groups is 2. The van der Waals surface area contributed by atoms with Crippen LogP contribution in [0, 0.1) is 0 Å². The lowest BCUT2D eigenvalue weighted by molar-refractivity contribution is -0.140. The van der Waals surface area contributed by atoms with Crippen LogP contribution in [-0.4, -0.2) is 38.4 Å². The summed E-state index contributed by atoms with van der Waals surface area (Å²) in [6, 6.07) is 36.7. The van der Waals surface area contributed by atoms with Crippen LogP contribution in [0.3, 0.4) is 0 Å². The van der Waals surface area contributed by atoms with Crippen molar-refractivity contribution in [2.24, 2.45) is 0 Å². The number of carbonyl (C=O) groups excluding carboxylic acids is 2. The van der Waals surface area contributed by atoms with Gasteiger partial charge in [0, 0.05) is 12.2 Å². The molecular formula is C40H44O6. The highest BCUT2D eigenvalue weighted by molar-refractivity contribution is 5.91. The summed E-state index contributed by atoms with van der Waals surface area (Å²) >= 11 is 0. The Balaban J connectivity index is 0.949. The minimum Gasteiger partial charge on any atom is -0.494 e. The summed E-state index contributed by atoms with van der Waals surface area (Å²) in [7, 11) is 0. The van der Waals surface area contributed by atoms with E-state index in [9.17, 15) is 9.59 Å². The normalized spacial score (nSPS) is 10.9. The first-order valence-corrected chi connectivity index (χ1v) is 16.3. The maximum absolute atomic E-state index is 11.9.